The van der Waals surface area contributed by atoms with Crippen LogP contribution in [0.1, 0.15) is 32.1 Å². The number of amides is 1. The summed E-state index contributed by atoms with van der Waals surface area (Å²) >= 11 is 0. The highest BCUT2D eigenvalue weighted by Crippen LogP contribution is 2.41. The Balaban J connectivity index is 1.70. The molecule has 2 saturated heterocycles. The standard InChI is InChI=1S/C11H17NO3/c13-10-2-1-8-7-11(14-5-6-15-11)4-3-9(8)12-10/h8-9H,1-7H2,(H,12,13)/t8-,9-/m1/s1. The third-order valence-corrected chi connectivity index (χ3v) is 3.88. The molecule has 2 aliphatic heterocycles. The Bertz CT molecular complexity index is 273. The Hall–Kier alpha value is -0.610. The summed E-state index contributed by atoms with van der Waals surface area (Å²) < 4.78 is 11.4. The number of ether oxygens (including phenoxy) is 2. The largest absolute Gasteiger partial charge is 0.353 e. The molecule has 3 rings (SSSR count). The normalized spacial score (nSPS) is 38.8. The molecule has 0 radical (unpaired) electrons. The zero-order valence-corrected chi connectivity index (χ0v) is 8.83. The van der Waals surface area contributed by atoms with E-state index < -0.39 is 0 Å². The number of hydrogen-bond acceptors (Lipinski definition) is 3. The van der Waals surface area contributed by atoms with Crippen molar-refractivity contribution >= 4 is 5.91 Å². The van der Waals surface area contributed by atoms with E-state index in [1.807, 2.05) is 0 Å². The van der Waals surface area contributed by atoms with E-state index in [0.29, 0.717) is 18.4 Å². The summed E-state index contributed by atoms with van der Waals surface area (Å²) in [6.07, 6.45) is 4.53. The van der Waals surface area contributed by atoms with Gasteiger partial charge in [0, 0.05) is 25.3 Å². The fourth-order valence-corrected chi connectivity index (χ4v) is 3.10. The van der Waals surface area contributed by atoms with Gasteiger partial charge in [0.15, 0.2) is 5.79 Å². The van der Waals surface area contributed by atoms with Gasteiger partial charge in [0.1, 0.15) is 0 Å². The van der Waals surface area contributed by atoms with Crippen LogP contribution in [0.2, 0.25) is 0 Å². The highest BCUT2D eigenvalue weighted by Gasteiger charge is 2.46. The summed E-state index contributed by atoms with van der Waals surface area (Å²) in [5, 5.41) is 3.07. The number of nitrogens with one attached hydrogen (secondary N) is 1. The fraction of sp³-hybridized carbons (Fsp3) is 0.909. The van der Waals surface area contributed by atoms with Gasteiger partial charge in [0.05, 0.1) is 13.2 Å². The molecule has 0 aromatic heterocycles. The third kappa shape index (κ3) is 1.66. The molecule has 4 nitrogen and oxygen atoms in total. The van der Waals surface area contributed by atoms with Crippen molar-refractivity contribution in [3.05, 3.63) is 0 Å². The van der Waals surface area contributed by atoms with Crippen LogP contribution in [-0.4, -0.2) is 30.9 Å². The lowest BCUT2D eigenvalue weighted by molar-refractivity contribution is -0.193. The maximum absolute atomic E-state index is 11.3. The van der Waals surface area contributed by atoms with Crippen molar-refractivity contribution in [3.63, 3.8) is 0 Å². The van der Waals surface area contributed by atoms with Crippen molar-refractivity contribution in [1.82, 2.24) is 5.32 Å². The molecule has 3 fully saturated rings. The summed E-state index contributed by atoms with van der Waals surface area (Å²) in [5.74, 6) is 0.457. The lowest BCUT2D eigenvalue weighted by Gasteiger charge is -2.43. The minimum Gasteiger partial charge on any atom is -0.353 e. The maximum Gasteiger partial charge on any atom is 0.220 e. The van der Waals surface area contributed by atoms with E-state index in [0.717, 1.165) is 38.9 Å². The van der Waals surface area contributed by atoms with Gasteiger partial charge >= 0.3 is 0 Å². The first-order valence-corrected chi connectivity index (χ1v) is 5.85. The van der Waals surface area contributed by atoms with Gasteiger partial charge in [0.2, 0.25) is 5.91 Å². The van der Waals surface area contributed by atoms with E-state index in [2.05, 4.69) is 5.32 Å². The molecule has 0 aromatic carbocycles. The number of carbonyl (C=O) groups is 1. The van der Waals surface area contributed by atoms with Crippen LogP contribution in [0.4, 0.5) is 0 Å². The molecular formula is C11H17NO3. The van der Waals surface area contributed by atoms with Crippen LogP contribution in [0.25, 0.3) is 0 Å². The minimum absolute atomic E-state index is 0.209. The van der Waals surface area contributed by atoms with Crippen LogP contribution in [-0.2, 0) is 14.3 Å². The molecule has 84 valence electrons. The number of rotatable bonds is 0. The Labute approximate surface area is 89.3 Å². The zero-order valence-electron chi connectivity index (χ0n) is 8.83. The molecule has 1 saturated carbocycles. The third-order valence-electron chi connectivity index (χ3n) is 3.88. The molecular weight excluding hydrogens is 194 g/mol. The predicted molar refractivity (Wildman–Crippen MR) is 53.1 cm³/mol. The number of fused-ring (bicyclic) bond motifs is 1. The predicted octanol–water partition coefficient (Wildman–Crippen LogP) is 0.808. The van der Waals surface area contributed by atoms with E-state index in [-0.39, 0.29) is 11.7 Å². The molecule has 2 heterocycles. The van der Waals surface area contributed by atoms with Crippen molar-refractivity contribution in [2.45, 2.75) is 43.9 Å². The summed E-state index contributed by atoms with van der Waals surface area (Å²) in [5.41, 5.74) is 0. The molecule has 0 unspecified atom stereocenters. The molecule has 1 amide bonds. The first kappa shape index (κ1) is 9.60. The van der Waals surface area contributed by atoms with Gasteiger partial charge in [-0.1, -0.05) is 0 Å². The van der Waals surface area contributed by atoms with E-state index in [4.69, 9.17) is 9.47 Å². The van der Waals surface area contributed by atoms with Gasteiger partial charge in [-0.05, 0) is 18.8 Å². The van der Waals surface area contributed by atoms with Gasteiger partial charge in [-0.25, -0.2) is 0 Å². The van der Waals surface area contributed by atoms with Crippen LogP contribution in [0.3, 0.4) is 0 Å². The first-order valence-electron chi connectivity index (χ1n) is 5.85. The van der Waals surface area contributed by atoms with Crippen LogP contribution in [0.15, 0.2) is 0 Å². The minimum atomic E-state index is -0.302. The maximum atomic E-state index is 11.3. The molecule has 3 aliphatic rings. The van der Waals surface area contributed by atoms with Gasteiger partial charge in [-0.3, -0.25) is 4.79 Å². The smallest absolute Gasteiger partial charge is 0.220 e. The first-order chi connectivity index (χ1) is 7.27. The summed E-state index contributed by atoms with van der Waals surface area (Å²) in [7, 11) is 0. The summed E-state index contributed by atoms with van der Waals surface area (Å²) in [6.45, 7) is 1.45. The Morgan fingerprint density at radius 3 is 2.87 bits per heavy atom. The van der Waals surface area contributed by atoms with Crippen LogP contribution in [0, 0.1) is 5.92 Å². The number of piperidine rings is 1. The summed E-state index contributed by atoms with van der Waals surface area (Å²) in [6, 6.07) is 0.365. The topological polar surface area (TPSA) is 47.6 Å². The average Bonchev–Trinajstić information content (AvgIpc) is 2.67. The molecule has 0 aromatic rings. The van der Waals surface area contributed by atoms with Crippen molar-refractivity contribution in [3.8, 4) is 0 Å². The monoisotopic (exact) mass is 211 g/mol. The van der Waals surface area contributed by atoms with Gasteiger partial charge in [-0.2, -0.15) is 0 Å². The van der Waals surface area contributed by atoms with Crippen LogP contribution < -0.4 is 5.32 Å². The number of carbonyl (C=O) groups excluding carboxylic acids is 1. The van der Waals surface area contributed by atoms with E-state index in [1.54, 1.807) is 0 Å². The molecule has 2 atom stereocenters. The van der Waals surface area contributed by atoms with Crippen LogP contribution >= 0.6 is 0 Å². The SMILES string of the molecule is O=C1CC[C@@H]2CC3(CC[C@H]2N1)OCCO3. The van der Waals surface area contributed by atoms with E-state index in [1.165, 1.54) is 0 Å². The Kier molecular flexibility index (Phi) is 2.21. The highest BCUT2D eigenvalue weighted by atomic mass is 16.7. The van der Waals surface area contributed by atoms with Crippen molar-refractivity contribution in [2.24, 2.45) is 5.92 Å². The molecule has 4 heteroatoms. The highest BCUT2D eigenvalue weighted by molar-refractivity contribution is 5.77. The van der Waals surface area contributed by atoms with Gasteiger partial charge in [0.25, 0.3) is 0 Å². The summed E-state index contributed by atoms with van der Waals surface area (Å²) in [4.78, 5) is 11.3. The van der Waals surface area contributed by atoms with Gasteiger partial charge < -0.3 is 14.8 Å². The second-order valence-electron chi connectivity index (χ2n) is 4.82. The lowest BCUT2D eigenvalue weighted by atomic mass is 9.76. The molecule has 1 N–H and O–H groups in total. The molecule has 1 spiro atoms. The Morgan fingerprint density at radius 1 is 1.27 bits per heavy atom. The van der Waals surface area contributed by atoms with Crippen LogP contribution in [0.5, 0.6) is 0 Å². The second kappa shape index (κ2) is 3.46. The molecule has 0 bridgehead atoms. The van der Waals surface area contributed by atoms with Crippen molar-refractivity contribution in [1.29, 1.82) is 0 Å². The fourth-order valence-electron chi connectivity index (χ4n) is 3.10. The van der Waals surface area contributed by atoms with E-state index >= 15 is 0 Å². The van der Waals surface area contributed by atoms with Crippen molar-refractivity contribution < 1.29 is 14.3 Å². The number of hydrogen-bond donors (Lipinski definition) is 1. The van der Waals surface area contributed by atoms with Gasteiger partial charge in [-0.15, -0.1) is 0 Å². The average molecular weight is 211 g/mol. The lowest BCUT2D eigenvalue weighted by Crippen LogP contribution is -2.52. The van der Waals surface area contributed by atoms with E-state index in [9.17, 15) is 4.79 Å². The zero-order chi connectivity index (χ0) is 10.3. The van der Waals surface area contributed by atoms with Crippen molar-refractivity contribution in [2.75, 3.05) is 13.2 Å². The molecule has 15 heavy (non-hydrogen) atoms. The molecule has 1 aliphatic carbocycles. The quantitative estimate of drug-likeness (QED) is 0.645. The second-order valence-corrected chi connectivity index (χ2v) is 4.82. The Morgan fingerprint density at radius 2 is 2.07 bits per heavy atom.